The van der Waals surface area contributed by atoms with Crippen molar-refractivity contribution in [1.29, 1.82) is 0 Å². The van der Waals surface area contributed by atoms with E-state index in [-0.39, 0.29) is 49.2 Å². The number of nitro groups is 1. The van der Waals surface area contributed by atoms with Crippen molar-refractivity contribution in [2.75, 3.05) is 13.1 Å². The van der Waals surface area contributed by atoms with Gasteiger partial charge in [0.1, 0.15) is 19.3 Å². The first-order valence-corrected chi connectivity index (χ1v) is 15.4. The fraction of sp³-hybridized carbons (Fsp3) is 0.355. The molecule has 3 rings (SSSR count). The molecular weight excluding hydrogens is 574 g/mol. The van der Waals surface area contributed by atoms with Crippen molar-refractivity contribution >= 4 is 27.8 Å². The number of non-ortho nitro benzene ring substituents is 1. The van der Waals surface area contributed by atoms with Gasteiger partial charge in [0, 0.05) is 25.2 Å². The molecular formula is C31H37N3O8S. The molecule has 1 amide bonds. The van der Waals surface area contributed by atoms with Crippen LogP contribution in [0.3, 0.4) is 0 Å². The van der Waals surface area contributed by atoms with E-state index in [1.807, 2.05) is 62.4 Å². The number of ether oxygens (including phenoxy) is 2. The number of esters is 1. The molecule has 12 heteroatoms. The van der Waals surface area contributed by atoms with Crippen LogP contribution in [0.4, 0.5) is 10.5 Å². The van der Waals surface area contributed by atoms with Crippen molar-refractivity contribution in [1.82, 2.24) is 9.62 Å². The summed E-state index contributed by atoms with van der Waals surface area (Å²) in [6, 6.07) is 21.7. The maximum atomic E-state index is 13.8. The lowest BCUT2D eigenvalue weighted by Gasteiger charge is -2.31. The number of carbonyl (C=O) groups excluding carboxylic acids is 2. The molecule has 0 aliphatic carbocycles. The molecule has 0 saturated carbocycles. The summed E-state index contributed by atoms with van der Waals surface area (Å²) in [5.41, 5.74) is 1.36. The van der Waals surface area contributed by atoms with E-state index in [2.05, 4.69) is 5.32 Å². The Morgan fingerprint density at radius 1 is 0.860 bits per heavy atom. The Morgan fingerprint density at radius 3 is 1.95 bits per heavy atom. The van der Waals surface area contributed by atoms with Crippen LogP contribution in [-0.4, -0.2) is 48.8 Å². The summed E-state index contributed by atoms with van der Waals surface area (Å²) in [7, 11) is -4.24. The molecule has 3 aromatic carbocycles. The average molecular weight is 612 g/mol. The molecule has 43 heavy (non-hydrogen) atoms. The van der Waals surface area contributed by atoms with Gasteiger partial charge in [-0.25, -0.2) is 13.2 Å². The van der Waals surface area contributed by atoms with Gasteiger partial charge in [0.25, 0.3) is 5.69 Å². The van der Waals surface area contributed by atoms with Crippen molar-refractivity contribution in [3.05, 3.63) is 106 Å². The number of benzene rings is 3. The minimum atomic E-state index is -4.24. The Morgan fingerprint density at radius 2 is 1.42 bits per heavy atom. The molecule has 0 saturated heterocycles. The number of unbranched alkanes of at least 4 members (excludes halogenated alkanes) is 1. The number of carbonyl (C=O) groups is 2. The van der Waals surface area contributed by atoms with Gasteiger partial charge in [-0.05, 0) is 48.4 Å². The van der Waals surface area contributed by atoms with Gasteiger partial charge in [-0.2, -0.15) is 4.31 Å². The monoisotopic (exact) mass is 611 g/mol. The topological polar surface area (TPSA) is 145 Å². The fourth-order valence-corrected chi connectivity index (χ4v) is 6.03. The molecule has 0 aliphatic heterocycles. The van der Waals surface area contributed by atoms with Crippen LogP contribution < -0.4 is 5.32 Å². The van der Waals surface area contributed by atoms with Crippen molar-refractivity contribution in [3.8, 4) is 0 Å². The second kappa shape index (κ2) is 16.4. The fourth-order valence-electron chi connectivity index (χ4n) is 4.26. The summed E-state index contributed by atoms with van der Waals surface area (Å²) in [5, 5.41) is 13.8. The van der Waals surface area contributed by atoms with Gasteiger partial charge in [0.15, 0.2) is 0 Å². The van der Waals surface area contributed by atoms with Gasteiger partial charge in [-0.15, -0.1) is 0 Å². The zero-order chi connectivity index (χ0) is 31.2. The molecule has 0 unspecified atom stereocenters. The highest BCUT2D eigenvalue weighted by Gasteiger charge is 2.37. The van der Waals surface area contributed by atoms with Crippen LogP contribution in [0, 0.1) is 16.0 Å². The summed E-state index contributed by atoms with van der Waals surface area (Å²) in [4.78, 5) is 35.8. The van der Waals surface area contributed by atoms with Crippen LogP contribution in [0.5, 0.6) is 0 Å². The van der Waals surface area contributed by atoms with Gasteiger partial charge in [0.05, 0.1) is 9.82 Å². The molecule has 0 fully saturated rings. The normalized spacial score (nSPS) is 12.1. The standard InChI is InChI=1S/C31H37N3O8S/c1-24(2)21-33(43(39,40)28-18-16-27(17-19-28)34(37)38)29(30(35)41-22-25-11-5-3-6-12-25)15-9-10-20-32-31(36)42-23-26-13-7-4-8-14-26/h3-8,11-14,16-19,24,29H,9-10,15,20-23H2,1-2H3,(H,32,36)/t29-/m0/s1. The van der Waals surface area contributed by atoms with Crippen molar-refractivity contribution < 1.29 is 32.4 Å². The zero-order valence-electron chi connectivity index (χ0n) is 24.3. The summed E-state index contributed by atoms with van der Waals surface area (Å²) in [6.45, 7) is 4.04. The lowest BCUT2D eigenvalue weighted by atomic mass is 10.1. The van der Waals surface area contributed by atoms with Gasteiger partial charge in [0.2, 0.25) is 10.0 Å². The summed E-state index contributed by atoms with van der Waals surface area (Å²) >= 11 is 0. The van der Waals surface area contributed by atoms with Gasteiger partial charge >= 0.3 is 12.1 Å². The molecule has 1 atom stereocenters. The number of nitrogens with zero attached hydrogens (tertiary/aromatic N) is 2. The molecule has 0 heterocycles. The third kappa shape index (κ3) is 10.5. The maximum absolute atomic E-state index is 13.8. The molecule has 0 radical (unpaired) electrons. The van der Waals surface area contributed by atoms with E-state index in [0.29, 0.717) is 12.8 Å². The molecule has 1 N–H and O–H groups in total. The number of nitrogens with one attached hydrogen (secondary N) is 1. The van der Waals surface area contributed by atoms with E-state index in [0.717, 1.165) is 39.7 Å². The molecule has 0 spiro atoms. The number of alkyl carbamates (subject to hydrolysis) is 1. The molecule has 3 aromatic rings. The lowest BCUT2D eigenvalue weighted by Crippen LogP contribution is -2.47. The highest BCUT2D eigenvalue weighted by atomic mass is 32.2. The third-order valence-corrected chi connectivity index (χ3v) is 8.32. The summed E-state index contributed by atoms with van der Waals surface area (Å²) in [6.07, 6.45) is 0.405. The Bertz CT molecular complexity index is 1430. The lowest BCUT2D eigenvalue weighted by molar-refractivity contribution is -0.384. The first-order chi connectivity index (χ1) is 20.6. The first-order valence-electron chi connectivity index (χ1n) is 14.0. The number of hydrogen-bond donors (Lipinski definition) is 1. The Labute approximate surface area is 252 Å². The number of amides is 1. The third-order valence-electron chi connectivity index (χ3n) is 6.43. The van der Waals surface area contributed by atoms with Crippen molar-refractivity contribution in [3.63, 3.8) is 0 Å². The van der Waals surface area contributed by atoms with Gasteiger partial charge in [-0.1, -0.05) is 74.5 Å². The summed E-state index contributed by atoms with van der Waals surface area (Å²) in [5.74, 6) is -0.844. The predicted molar refractivity (Wildman–Crippen MR) is 160 cm³/mol. The minimum absolute atomic E-state index is 0.0223. The largest absolute Gasteiger partial charge is 0.460 e. The highest BCUT2D eigenvalue weighted by Crippen LogP contribution is 2.25. The highest BCUT2D eigenvalue weighted by molar-refractivity contribution is 7.89. The van der Waals surface area contributed by atoms with Crippen LogP contribution in [0.1, 0.15) is 44.2 Å². The van der Waals surface area contributed by atoms with Crippen LogP contribution in [-0.2, 0) is 37.5 Å². The molecule has 230 valence electrons. The van der Waals surface area contributed by atoms with Gasteiger partial charge < -0.3 is 14.8 Å². The SMILES string of the molecule is CC(C)CN([C@@H](CCCCNC(=O)OCc1ccccc1)C(=O)OCc1ccccc1)S(=O)(=O)c1ccc([N+](=O)[O-])cc1. The molecule has 0 aliphatic rings. The van der Waals surface area contributed by atoms with Crippen molar-refractivity contribution in [2.45, 2.75) is 57.3 Å². The second-order valence-electron chi connectivity index (χ2n) is 10.3. The smallest absolute Gasteiger partial charge is 0.407 e. The van der Waals surface area contributed by atoms with E-state index in [9.17, 15) is 28.1 Å². The van der Waals surface area contributed by atoms with E-state index >= 15 is 0 Å². The van der Waals surface area contributed by atoms with E-state index in [4.69, 9.17) is 9.47 Å². The Kier molecular flexibility index (Phi) is 12.6. The quantitative estimate of drug-likeness (QED) is 0.0974. The number of rotatable bonds is 16. The van der Waals surface area contributed by atoms with Crippen LogP contribution in [0.15, 0.2) is 89.8 Å². The molecule has 0 bridgehead atoms. The Balaban J connectivity index is 1.71. The van der Waals surface area contributed by atoms with Crippen molar-refractivity contribution in [2.24, 2.45) is 5.92 Å². The molecule has 0 aromatic heterocycles. The van der Waals surface area contributed by atoms with Crippen LogP contribution in [0.25, 0.3) is 0 Å². The number of hydrogen-bond acceptors (Lipinski definition) is 8. The molecule has 11 nitrogen and oxygen atoms in total. The number of sulfonamides is 1. The zero-order valence-corrected chi connectivity index (χ0v) is 25.1. The minimum Gasteiger partial charge on any atom is -0.460 e. The maximum Gasteiger partial charge on any atom is 0.407 e. The van der Waals surface area contributed by atoms with Gasteiger partial charge in [-0.3, -0.25) is 14.9 Å². The first kappa shape index (κ1) is 33.2. The Hall–Kier alpha value is -4.29. The predicted octanol–water partition coefficient (Wildman–Crippen LogP) is 5.45. The second-order valence-corrected chi connectivity index (χ2v) is 12.2. The summed E-state index contributed by atoms with van der Waals surface area (Å²) < 4.78 is 39.5. The van der Waals surface area contributed by atoms with Crippen LogP contribution >= 0.6 is 0 Å². The number of nitro benzene ring substituents is 1. The average Bonchev–Trinajstić information content (AvgIpc) is 3.00. The van der Waals surface area contributed by atoms with E-state index in [1.165, 1.54) is 0 Å². The van der Waals surface area contributed by atoms with E-state index in [1.54, 1.807) is 12.1 Å². The van der Waals surface area contributed by atoms with Crippen LogP contribution in [0.2, 0.25) is 0 Å². The van der Waals surface area contributed by atoms with E-state index < -0.39 is 33.1 Å².